The topological polar surface area (TPSA) is 24.9 Å². The molecule has 2 rings (SSSR count). The van der Waals surface area contributed by atoms with Crippen LogP contribution in [0.4, 0.5) is 0 Å². The summed E-state index contributed by atoms with van der Waals surface area (Å²) in [6.07, 6.45) is 11.4. The fraction of sp³-hybridized carbons (Fsp3) is 0.643. The van der Waals surface area contributed by atoms with Crippen LogP contribution in [0.5, 0.6) is 0 Å². The average molecular weight is 253 g/mol. The van der Waals surface area contributed by atoms with Crippen LogP contribution in [0, 0.1) is 5.92 Å². The first-order valence-electron chi connectivity index (χ1n) is 6.57. The molecule has 1 aliphatic carbocycles. The molecule has 0 radical (unpaired) electrons. The molecule has 0 spiro atoms. The van der Waals surface area contributed by atoms with Crippen LogP contribution in [0.2, 0.25) is 5.02 Å². The molecule has 0 aliphatic heterocycles. The van der Waals surface area contributed by atoms with Crippen molar-refractivity contribution in [1.29, 1.82) is 0 Å². The molecule has 1 fully saturated rings. The zero-order chi connectivity index (χ0) is 12.1. The highest BCUT2D eigenvalue weighted by molar-refractivity contribution is 6.31. The molecule has 0 saturated heterocycles. The Labute approximate surface area is 109 Å². The molecule has 2 nitrogen and oxygen atoms in total. The van der Waals surface area contributed by atoms with Gasteiger partial charge in [-0.1, -0.05) is 30.9 Å². The van der Waals surface area contributed by atoms with Crippen molar-refractivity contribution in [2.45, 2.75) is 44.6 Å². The number of aromatic nitrogens is 1. The van der Waals surface area contributed by atoms with Crippen LogP contribution in [0.1, 0.15) is 37.7 Å². The predicted molar refractivity (Wildman–Crippen MR) is 72.4 cm³/mol. The van der Waals surface area contributed by atoms with Crippen molar-refractivity contribution in [2.24, 2.45) is 5.92 Å². The lowest BCUT2D eigenvalue weighted by Gasteiger charge is -2.25. The molecule has 17 heavy (non-hydrogen) atoms. The smallest absolute Gasteiger partial charge is 0.0621 e. The van der Waals surface area contributed by atoms with Gasteiger partial charge in [-0.15, -0.1) is 0 Å². The van der Waals surface area contributed by atoms with Gasteiger partial charge in [0, 0.05) is 18.4 Å². The van der Waals surface area contributed by atoms with Crippen LogP contribution in [-0.4, -0.2) is 18.1 Å². The van der Waals surface area contributed by atoms with E-state index >= 15 is 0 Å². The van der Waals surface area contributed by atoms with E-state index in [-0.39, 0.29) is 0 Å². The molecule has 94 valence electrons. The summed E-state index contributed by atoms with van der Waals surface area (Å²) in [6, 6.07) is 2.70. The summed E-state index contributed by atoms with van der Waals surface area (Å²) < 4.78 is 0. The second-order valence-corrected chi connectivity index (χ2v) is 5.37. The molecule has 1 saturated carbocycles. The van der Waals surface area contributed by atoms with Gasteiger partial charge < -0.3 is 5.32 Å². The number of halogens is 1. The van der Waals surface area contributed by atoms with E-state index in [1.165, 1.54) is 37.7 Å². The first-order valence-corrected chi connectivity index (χ1v) is 6.94. The predicted octanol–water partition coefficient (Wildman–Crippen LogP) is 3.45. The number of hydrogen-bond donors (Lipinski definition) is 1. The Kier molecular flexibility index (Phi) is 4.81. The van der Waals surface area contributed by atoms with Crippen LogP contribution in [0.25, 0.3) is 0 Å². The Morgan fingerprint density at radius 3 is 2.94 bits per heavy atom. The number of pyridine rings is 1. The maximum absolute atomic E-state index is 6.19. The minimum atomic E-state index is 0.640. The van der Waals surface area contributed by atoms with Gasteiger partial charge in [-0.25, -0.2) is 0 Å². The van der Waals surface area contributed by atoms with E-state index in [0.29, 0.717) is 12.0 Å². The van der Waals surface area contributed by atoms with Crippen LogP contribution in [0.15, 0.2) is 18.5 Å². The van der Waals surface area contributed by atoms with Gasteiger partial charge in [0.15, 0.2) is 0 Å². The van der Waals surface area contributed by atoms with E-state index in [9.17, 15) is 0 Å². The highest BCUT2D eigenvalue weighted by Gasteiger charge is 2.23. The van der Waals surface area contributed by atoms with Gasteiger partial charge in [-0.3, -0.25) is 4.98 Å². The Morgan fingerprint density at radius 2 is 2.18 bits per heavy atom. The zero-order valence-corrected chi connectivity index (χ0v) is 11.2. The second-order valence-electron chi connectivity index (χ2n) is 4.96. The third kappa shape index (κ3) is 3.43. The van der Waals surface area contributed by atoms with Crippen LogP contribution in [-0.2, 0) is 6.42 Å². The highest BCUT2D eigenvalue weighted by Crippen LogP contribution is 2.28. The van der Waals surface area contributed by atoms with E-state index in [0.717, 1.165) is 11.4 Å². The fourth-order valence-electron chi connectivity index (χ4n) is 2.86. The van der Waals surface area contributed by atoms with Gasteiger partial charge in [0.05, 0.1) is 5.02 Å². The molecule has 1 aromatic rings. The Bertz CT molecular complexity index is 354. The third-order valence-corrected chi connectivity index (χ3v) is 4.21. The standard InChI is InChI=1S/C14H21ClN2/c1-16-14-6-4-2-3-5-12(14)9-11-7-8-17-10-13(11)15/h7-8,10,12,14,16H,2-6,9H2,1H3. The van der Waals surface area contributed by atoms with Crippen molar-refractivity contribution in [2.75, 3.05) is 7.05 Å². The molecule has 2 atom stereocenters. The average Bonchev–Trinajstić information content (AvgIpc) is 2.57. The molecular formula is C14H21ClN2. The molecule has 1 heterocycles. The lowest BCUT2D eigenvalue weighted by Crippen LogP contribution is -2.33. The maximum atomic E-state index is 6.19. The third-order valence-electron chi connectivity index (χ3n) is 3.87. The van der Waals surface area contributed by atoms with Gasteiger partial charge in [0.25, 0.3) is 0 Å². The zero-order valence-electron chi connectivity index (χ0n) is 10.5. The summed E-state index contributed by atoms with van der Waals surface area (Å²) in [5, 5.41) is 4.29. The molecule has 2 unspecified atom stereocenters. The minimum Gasteiger partial charge on any atom is -0.317 e. The van der Waals surface area contributed by atoms with Gasteiger partial charge in [0.1, 0.15) is 0 Å². The van der Waals surface area contributed by atoms with Crippen molar-refractivity contribution in [3.63, 3.8) is 0 Å². The molecular weight excluding hydrogens is 232 g/mol. The Morgan fingerprint density at radius 1 is 1.35 bits per heavy atom. The Hall–Kier alpha value is -0.600. The lowest BCUT2D eigenvalue weighted by molar-refractivity contribution is 0.350. The first-order chi connectivity index (χ1) is 8.31. The molecule has 0 aromatic carbocycles. The molecule has 1 N–H and O–H groups in total. The summed E-state index contributed by atoms with van der Waals surface area (Å²) in [4.78, 5) is 4.05. The fourth-order valence-corrected chi connectivity index (χ4v) is 3.06. The summed E-state index contributed by atoms with van der Waals surface area (Å²) in [5.41, 5.74) is 1.24. The van der Waals surface area contributed by atoms with Gasteiger partial charge in [-0.2, -0.15) is 0 Å². The van der Waals surface area contributed by atoms with Gasteiger partial charge in [0.2, 0.25) is 0 Å². The number of hydrogen-bond acceptors (Lipinski definition) is 2. The van der Waals surface area contributed by atoms with Crippen molar-refractivity contribution in [1.82, 2.24) is 10.3 Å². The highest BCUT2D eigenvalue weighted by atomic mass is 35.5. The van der Waals surface area contributed by atoms with E-state index in [1.54, 1.807) is 6.20 Å². The second kappa shape index (κ2) is 6.36. The molecule has 1 aromatic heterocycles. The van der Waals surface area contributed by atoms with Gasteiger partial charge >= 0.3 is 0 Å². The number of nitrogens with zero attached hydrogens (tertiary/aromatic N) is 1. The normalized spacial score (nSPS) is 25.5. The van der Waals surface area contributed by atoms with Crippen molar-refractivity contribution < 1.29 is 0 Å². The van der Waals surface area contributed by atoms with Crippen molar-refractivity contribution >= 4 is 11.6 Å². The van der Waals surface area contributed by atoms with E-state index in [4.69, 9.17) is 11.6 Å². The maximum Gasteiger partial charge on any atom is 0.0621 e. The molecule has 3 heteroatoms. The molecule has 0 bridgehead atoms. The quantitative estimate of drug-likeness (QED) is 0.834. The first kappa shape index (κ1) is 12.8. The van der Waals surface area contributed by atoms with E-state index in [1.807, 2.05) is 6.20 Å². The number of nitrogens with one attached hydrogen (secondary N) is 1. The summed E-state index contributed by atoms with van der Waals surface area (Å²) in [5.74, 6) is 0.711. The van der Waals surface area contributed by atoms with E-state index in [2.05, 4.69) is 23.4 Å². The molecule has 0 amide bonds. The monoisotopic (exact) mass is 252 g/mol. The van der Waals surface area contributed by atoms with E-state index < -0.39 is 0 Å². The molecule has 1 aliphatic rings. The van der Waals surface area contributed by atoms with Crippen molar-refractivity contribution in [3.8, 4) is 0 Å². The lowest BCUT2D eigenvalue weighted by atomic mass is 9.89. The summed E-state index contributed by atoms with van der Waals surface area (Å²) in [7, 11) is 2.08. The van der Waals surface area contributed by atoms with Crippen LogP contribution >= 0.6 is 11.6 Å². The van der Waals surface area contributed by atoms with Crippen LogP contribution in [0.3, 0.4) is 0 Å². The minimum absolute atomic E-state index is 0.640. The largest absolute Gasteiger partial charge is 0.317 e. The van der Waals surface area contributed by atoms with Crippen LogP contribution < -0.4 is 5.32 Å². The number of rotatable bonds is 3. The summed E-state index contributed by atoms with van der Waals surface area (Å²) in [6.45, 7) is 0. The van der Waals surface area contributed by atoms with Crippen molar-refractivity contribution in [3.05, 3.63) is 29.0 Å². The summed E-state index contributed by atoms with van der Waals surface area (Å²) >= 11 is 6.19. The SMILES string of the molecule is CNC1CCCCCC1Cc1ccncc1Cl. The Balaban J connectivity index is 2.07. The van der Waals surface area contributed by atoms with Gasteiger partial charge in [-0.05, 0) is 43.9 Å².